The molecule has 28 heavy (non-hydrogen) atoms. The van der Waals surface area contributed by atoms with Crippen LogP contribution >= 0.6 is 23.2 Å². The van der Waals surface area contributed by atoms with Gasteiger partial charge < -0.3 is 5.32 Å². The predicted molar refractivity (Wildman–Crippen MR) is 112 cm³/mol. The molecule has 1 aliphatic heterocycles. The molecule has 4 rings (SSSR count). The first-order valence-corrected chi connectivity index (χ1v) is 10.7. The van der Waals surface area contributed by atoms with Crippen LogP contribution < -0.4 is 5.32 Å². The van der Waals surface area contributed by atoms with E-state index in [1.54, 1.807) is 0 Å². The molecule has 1 saturated heterocycles. The maximum atomic E-state index is 12.4. The van der Waals surface area contributed by atoms with Gasteiger partial charge in [-0.2, -0.15) is 0 Å². The first-order chi connectivity index (χ1) is 13.6. The molecule has 1 atom stereocenters. The van der Waals surface area contributed by atoms with Gasteiger partial charge in [0.1, 0.15) is 0 Å². The van der Waals surface area contributed by atoms with Crippen LogP contribution in [-0.2, 0) is 11.3 Å². The second-order valence-electron chi connectivity index (χ2n) is 7.88. The van der Waals surface area contributed by atoms with Crippen molar-refractivity contribution in [3.05, 3.63) is 63.9 Å². The zero-order valence-corrected chi connectivity index (χ0v) is 17.3. The topological polar surface area (TPSA) is 45.2 Å². The van der Waals surface area contributed by atoms with Crippen molar-refractivity contribution in [3.8, 4) is 0 Å². The minimum atomic E-state index is 0.00132. The predicted octanol–water partition coefficient (Wildman–Crippen LogP) is 4.87. The van der Waals surface area contributed by atoms with E-state index in [4.69, 9.17) is 23.2 Å². The van der Waals surface area contributed by atoms with Crippen LogP contribution in [0.5, 0.6) is 0 Å². The fourth-order valence-corrected chi connectivity index (χ4v) is 4.27. The first kappa shape index (κ1) is 19.7. The number of hydrogen-bond donors (Lipinski definition) is 1. The number of amides is 1. The molecular formula is C22H25Cl2N3O. The summed E-state index contributed by atoms with van der Waals surface area (Å²) in [5.41, 5.74) is 2.15. The van der Waals surface area contributed by atoms with Gasteiger partial charge in [0.2, 0.25) is 5.91 Å². The fraction of sp³-hybridized carbons (Fsp3) is 0.455. The van der Waals surface area contributed by atoms with Gasteiger partial charge in [-0.3, -0.25) is 14.7 Å². The van der Waals surface area contributed by atoms with E-state index in [1.165, 1.54) is 5.56 Å². The molecule has 0 spiro atoms. The van der Waals surface area contributed by atoms with Crippen molar-refractivity contribution in [3.63, 3.8) is 0 Å². The molecule has 4 nitrogen and oxygen atoms in total. The van der Waals surface area contributed by atoms with Crippen LogP contribution in [0.3, 0.4) is 0 Å². The Labute approximate surface area is 176 Å². The second-order valence-corrected chi connectivity index (χ2v) is 8.69. The number of nitrogens with one attached hydrogen (secondary N) is 1. The number of pyridine rings is 1. The highest BCUT2D eigenvalue weighted by atomic mass is 35.5. The molecule has 1 amide bonds. The van der Waals surface area contributed by atoms with Gasteiger partial charge in [0, 0.05) is 18.7 Å². The normalized spacial score (nSPS) is 19.4. The summed E-state index contributed by atoms with van der Waals surface area (Å²) in [5, 5.41) is 4.49. The summed E-state index contributed by atoms with van der Waals surface area (Å²) < 4.78 is 0. The number of aromatic nitrogens is 1. The summed E-state index contributed by atoms with van der Waals surface area (Å²) in [6.45, 7) is 2.85. The third-order valence-corrected chi connectivity index (χ3v) is 6.49. The highest BCUT2D eigenvalue weighted by molar-refractivity contribution is 6.42. The van der Waals surface area contributed by atoms with E-state index < -0.39 is 0 Å². The average molecular weight is 418 g/mol. The van der Waals surface area contributed by atoms with E-state index in [1.807, 2.05) is 42.6 Å². The van der Waals surface area contributed by atoms with Gasteiger partial charge in [-0.15, -0.1) is 0 Å². The Hall–Kier alpha value is -1.62. The number of likely N-dealkylation sites (tertiary alicyclic amines) is 1. The minimum Gasteiger partial charge on any atom is -0.347 e. The molecular weight excluding hydrogens is 393 g/mol. The SMILES string of the molecule is O=C(NC(c1ccccn1)C1CCN(Cc2ccc(Cl)c(Cl)c2)CC1)C1CC1. The zero-order valence-electron chi connectivity index (χ0n) is 15.8. The minimum absolute atomic E-state index is 0.00132. The van der Waals surface area contributed by atoms with E-state index in [2.05, 4.69) is 15.2 Å². The standard InChI is InChI=1S/C22H25Cl2N3O/c23-18-7-4-15(13-19(18)24)14-27-11-8-16(9-12-27)21(20-3-1-2-10-25-20)26-22(28)17-5-6-17/h1-4,7,10,13,16-17,21H,5-6,8-9,11-12,14H2,(H,26,28). The monoisotopic (exact) mass is 417 g/mol. The number of carbonyl (C=O) groups excluding carboxylic acids is 1. The Kier molecular flexibility index (Phi) is 6.19. The van der Waals surface area contributed by atoms with Crippen LogP contribution in [0.2, 0.25) is 10.0 Å². The highest BCUT2D eigenvalue weighted by Gasteiger charge is 2.35. The molecule has 0 bridgehead atoms. The third-order valence-electron chi connectivity index (χ3n) is 5.75. The molecule has 1 aromatic heterocycles. The second kappa shape index (κ2) is 8.81. The van der Waals surface area contributed by atoms with Crippen LogP contribution in [0.4, 0.5) is 0 Å². The number of nitrogens with zero attached hydrogens (tertiary/aromatic N) is 2. The molecule has 1 aromatic carbocycles. The molecule has 1 unspecified atom stereocenters. The Morgan fingerprint density at radius 2 is 1.89 bits per heavy atom. The van der Waals surface area contributed by atoms with Gasteiger partial charge >= 0.3 is 0 Å². The van der Waals surface area contributed by atoms with Gasteiger partial charge in [-0.25, -0.2) is 0 Å². The summed E-state index contributed by atoms with van der Waals surface area (Å²) in [6.07, 6.45) is 5.91. The maximum absolute atomic E-state index is 12.4. The van der Waals surface area contributed by atoms with Gasteiger partial charge in [-0.05, 0) is 74.5 Å². The average Bonchev–Trinajstić information content (AvgIpc) is 3.56. The van der Waals surface area contributed by atoms with Crippen molar-refractivity contribution in [2.45, 2.75) is 38.3 Å². The number of hydrogen-bond acceptors (Lipinski definition) is 3. The summed E-state index contributed by atoms with van der Waals surface area (Å²) in [6, 6.07) is 11.8. The lowest BCUT2D eigenvalue weighted by Crippen LogP contribution is -2.41. The number of rotatable bonds is 6. The van der Waals surface area contributed by atoms with E-state index in [0.717, 1.165) is 51.0 Å². The van der Waals surface area contributed by atoms with E-state index in [-0.39, 0.29) is 17.9 Å². The molecule has 6 heteroatoms. The summed E-state index contributed by atoms with van der Waals surface area (Å²) in [5.74, 6) is 0.803. The van der Waals surface area contributed by atoms with Crippen molar-refractivity contribution >= 4 is 29.1 Å². The fourth-order valence-electron chi connectivity index (χ4n) is 3.95. The molecule has 1 aliphatic carbocycles. The summed E-state index contributed by atoms with van der Waals surface area (Å²) >= 11 is 12.2. The lowest BCUT2D eigenvalue weighted by molar-refractivity contribution is -0.123. The Morgan fingerprint density at radius 1 is 1.11 bits per heavy atom. The lowest BCUT2D eigenvalue weighted by atomic mass is 9.87. The highest BCUT2D eigenvalue weighted by Crippen LogP contribution is 2.34. The van der Waals surface area contributed by atoms with Crippen molar-refractivity contribution in [1.29, 1.82) is 0 Å². The number of piperidine rings is 1. The number of halogens is 2. The van der Waals surface area contributed by atoms with Crippen LogP contribution in [-0.4, -0.2) is 28.9 Å². The van der Waals surface area contributed by atoms with Crippen molar-refractivity contribution in [2.75, 3.05) is 13.1 Å². The molecule has 2 fully saturated rings. The molecule has 2 heterocycles. The van der Waals surface area contributed by atoms with Crippen molar-refractivity contribution in [1.82, 2.24) is 15.2 Å². The van der Waals surface area contributed by atoms with Crippen LogP contribution in [0.15, 0.2) is 42.6 Å². The molecule has 0 radical (unpaired) electrons. The largest absolute Gasteiger partial charge is 0.347 e. The van der Waals surface area contributed by atoms with Gasteiger partial charge in [0.05, 0.1) is 21.8 Å². The smallest absolute Gasteiger partial charge is 0.223 e. The van der Waals surface area contributed by atoms with Crippen molar-refractivity contribution in [2.24, 2.45) is 11.8 Å². The zero-order chi connectivity index (χ0) is 19.5. The molecule has 148 valence electrons. The maximum Gasteiger partial charge on any atom is 0.223 e. The first-order valence-electron chi connectivity index (χ1n) is 9.98. The Balaban J connectivity index is 1.39. The van der Waals surface area contributed by atoms with E-state index in [0.29, 0.717) is 16.0 Å². The molecule has 2 aliphatic rings. The van der Waals surface area contributed by atoms with Gasteiger partial charge in [0.15, 0.2) is 0 Å². The van der Waals surface area contributed by atoms with Crippen LogP contribution in [0, 0.1) is 11.8 Å². The quantitative estimate of drug-likeness (QED) is 0.728. The number of carbonyl (C=O) groups is 1. The van der Waals surface area contributed by atoms with E-state index >= 15 is 0 Å². The lowest BCUT2D eigenvalue weighted by Gasteiger charge is -2.36. The van der Waals surface area contributed by atoms with E-state index in [9.17, 15) is 4.79 Å². The molecule has 2 aromatic rings. The Bertz CT molecular complexity index is 818. The van der Waals surface area contributed by atoms with Gasteiger partial charge in [0.25, 0.3) is 0 Å². The van der Waals surface area contributed by atoms with Crippen LogP contribution in [0.25, 0.3) is 0 Å². The molecule has 1 N–H and O–H groups in total. The third kappa shape index (κ3) is 4.86. The van der Waals surface area contributed by atoms with Gasteiger partial charge in [-0.1, -0.05) is 35.3 Å². The Morgan fingerprint density at radius 3 is 2.54 bits per heavy atom. The summed E-state index contributed by atoms with van der Waals surface area (Å²) in [7, 11) is 0. The van der Waals surface area contributed by atoms with Crippen LogP contribution in [0.1, 0.15) is 43.0 Å². The number of benzene rings is 1. The summed E-state index contributed by atoms with van der Waals surface area (Å²) in [4.78, 5) is 19.4. The molecule has 1 saturated carbocycles. The van der Waals surface area contributed by atoms with Crippen molar-refractivity contribution < 1.29 is 4.79 Å².